The Kier molecular flexibility index (Phi) is 5.91. The molecule has 1 heterocycles. The zero-order chi connectivity index (χ0) is 10.2. The third-order valence-electron chi connectivity index (χ3n) is 2.26. The van der Waals surface area contributed by atoms with E-state index >= 15 is 0 Å². The summed E-state index contributed by atoms with van der Waals surface area (Å²) in [6.45, 7) is 5.64. The van der Waals surface area contributed by atoms with Crippen molar-refractivity contribution in [2.45, 2.75) is 19.8 Å². The summed E-state index contributed by atoms with van der Waals surface area (Å²) in [6.07, 6.45) is 4.41. The van der Waals surface area contributed by atoms with Gasteiger partial charge in [0.2, 0.25) is 0 Å². The maximum Gasteiger partial charge on any atom is 0.485 e. The molecule has 0 bridgehead atoms. The van der Waals surface area contributed by atoms with Gasteiger partial charge in [0.1, 0.15) is 0 Å². The van der Waals surface area contributed by atoms with Crippen LogP contribution in [0.4, 0.5) is 0 Å². The van der Waals surface area contributed by atoms with Crippen LogP contribution >= 0.6 is 0 Å². The molecule has 0 saturated carbocycles. The Balaban J connectivity index is 2.24. The molecule has 1 aliphatic heterocycles. The number of nitrogens with zero attached hydrogens (tertiary/aromatic N) is 1. The minimum Gasteiger partial charge on any atom is -0.406 e. The highest BCUT2D eigenvalue weighted by Gasteiger charge is 2.16. The van der Waals surface area contributed by atoms with Gasteiger partial charge in [-0.1, -0.05) is 25.4 Å². The maximum absolute atomic E-state index is 5.55. The number of rotatable bonds is 3. The van der Waals surface area contributed by atoms with Crippen LogP contribution in [0.1, 0.15) is 19.8 Å². The Hall–Kier alpha value is -0.315. The molecule has 0 aromatic heterocycles. The van der Waals surface area contributed by atoms with Crippen molar-refractivity contribution in [3.05, 3.63) is 12.1 Å². The van der Waals surface area contributed by atoms with Crippen LogP contribution in [0.3, 0.4) is 0 Å². The van der Waals surface area contributed by atoms with Crippen LogP contribution in [0.15, 0.2) is 12.1 Å². The third kappa shape index (κ3) is 4.79. The second kappa shape index (κ2) is 7.04. The molecule has 0 aliphatic carbocycles. The molecule has 0 atom stereocenters. The average Bonchev–Trinajstić information content (AvgIpc) is 2.14. The van der Waals surface area contributed by atoms with Gasteiger partial charge in [-0.3, -0.25) is 0 Å². The lowest BCUT2D eigenvalue weighted by atomic mass is 9.89. The molecule has 80 valence electrons. The van der Waals surface area contributed by atoms with Gasteiger partial charge in [-0.05, 0) is 13.5 Å². The highest BCUT2D eigenvalue weighted by atomic mass is 16.6. The van der Waals surface area contributed by atoms with Gasteiger partial charge in [0.05, 0.1) is 0 Å². The van der Waals surface area contributed by atoms with Crippen LogP contribution < -0.4 is 0 Å². The fourth-order valence-electron chi connectivity index (χ4n) is 1.29. The zero-order valence-electron chi connectivity index (χ0n) is 9.24. The number of allylic oxidation sites excluding steroid dienone is 1. The fourth-order valence-corrected chi connectivity index (χ4v) is 1.29. The van der Waals surface area contributed by atoms with E-state index in [1.54, 1.807) is 0 Å². The zero-order valence-corrected chi connectivity index (χ0v) is 9.24. The Morgan fingerprint density at radius 3 is 2.50 bits per heavy atom. The smallest absolute Gasteiger partial charge is 0.406 e. The van der Waals surface area contributed by atoms with Gasteiger partial charge in [0.15, 0.2) is 0 Å². The first-order valence-corrected chi connectivity index (χ1v) is 5.41. The van der Waals surface area contributed by atoms with Crippen LogP contribution in [-0.2, 0) is 9.31 Å². The topological polar surface area (TPSA) is 21.7 Å². The molecule has 0 radical (unpaired) electrons. The number of hydrogen-bond donors (Lipinski definition) is 0. The lowest BCUT2D eigenvalue weighted by molar-refractivity contribution is 0.131. The van der Waals surface area contributed by atoms with Crippen LogP contribution in [0.2, 0.25) is 0 Å². The summed E-state index contributed by atoms with van der Waals surface area (Å²) < 4.78 is 11.1. The SMILES string of the molecule is CCC/C=C/B1OCCN(C)CCO1. The van der Waals surface area contributed by atoms with E-state index in [9.17, 15) is 0 Å². The maximum atomic E-state index is 5.55. The van der Waals surface area contributed by atoms with E-state index in [1.807, 2.05) is 5.98 Å². The molecule has 0 unspecified atom stereocenters. The van der Waals surface area contributed by atoms with E-state index in [0.717, 1.165) is 32.7 Å². The van der Waals surface area contributed by atoms with Crippen molar-refractivity contribution in [3.63, 3.8) is 0 Å². The summed E-state index contributed by atoms with van der Waals surface area (Å²) in [7, 11) is 1.95. The fraction of sp³-hybridized carbons (Fsp3) is 0.800. The Bertz CT molecular complexity index is 166. The minimum atomic E-state index is -0.129. The van der Waals surface area contributed by atoms with Crippen molar-refractivity contribution in [1.82, 2.24) is 4.90 Å². The molecule has 1 saturated heterocycles. The monoisotopic (exact) mass is 197 g/mol. The van der Waals surface area contributed by atoms with Crippen LogP contribution in [-0.4, -0.2) is 45.4 Å². The first-order valence-electron chi connectivity index (χ1n) is 5.41. The molecular formula is C10H20BNO2. The summed E-state index contributed by atoms with van der Waals surface area (Å²) in [5, 5.41) is 0. The van der Waals surface area contributed by atoms with E-state index in [-0.39, 0.29) is 7.12 Å². The molecule has 1 aliphatic rings. The largest absolute Gasteiger partial charge is 0.485 e. The molecule has 0 N–H and O–H groups in total. The highest BCUT2D eigenvalue weighted by Crippen LogP contribution is 1.99. The van der Waals surface area contributed by atoms with Gasteiger partial charge < -0.3 is 14.2 Å². The van der Waals surface area contributed by atoms with E-state index in [2.05, 4.69) is 24.9 Å². The molecule has 1 rings (SSSR count). The second-order valence-electron chi connectivity index (χ2n) is 3.63. The lowest BCUT2D eigenvalue weighted by Gasteiger charge is -2.22. The quantitative estimate of drug-likeness (QED) is 0.637. The summed E-state index contributed by atoms with van der Waals surface area (Å²) in [6, 6.07) is 0. The molecule has 1 fully saturated rings. The highest BCUT2D eigenvalue weighted by molar-refractivity contribution is 6.50. The molecule has 3 nitrogen and oxygen atoms in total. The summed E-state index contributed by atoms with van der Waals surface area (Å²) in [5.74, 6) is 2.02. The van der Waals surface area contributed by atoms with Crippen molar-refractivity contribution < 1.29 is 9.31 Å². The van der Waals surface area contributed by atoms with E-state index in [4.69, 9.17) is 9.31 Å². The van der Waals surface area contributed by atoms with E-state index < -0.39 is 0 Å². The molecule has 0 aromatic carbocycles. The standard InChI is InChI=1S/C10H20BNO2/c1-3-4-5-6-11-13-9-7-12(2)8-10-14-11/h5-6H,3-4,7-10H2,1-2H3/b6-5+. The summed E-state index contributed by atoms with van der Waals surface area (Å²) >= 11 is 0. The normalized spacial score (nSPS) is 21.1. The van der Waals surface area contributed by atoms with Crippen molar-refractivity contribution in [2.24, 2.45) is 0 Å². The molecular weight excluding hydrogens is 177 g/mol. The Morgan fingerprint density at radius 1 is 1.29 bits per heavy atom. The van der Waals surface area contributed by atoms with Gasteiger partial charge in [-0.2, -0.15) is 0 Å². The first-order chi connectivity index (χ1) is 6.83. The van der Waals surface area contributed by atoms with Gasteiger partial charge >= 0.3 is 7.12 Å². The van der Waals surface area contributed by atoms with Gasteiger partial charge in [-0.25, -0.2) is 0 Å². The predicted octanol–water partition coefficient (Wildman–Crippen LogP) is 1.35. The average molecular weight is 197 g/mol. The Morgan fingerprint density at radius 2 is 1.93 bits per heavy atom. The van der Waals surface area contributed by atoms with Crippen molar-refractivity contribution >= 4 is 7.12 Å². The summed E-state index contributed by atoms with van der Waals surface area (Å²) in [5.41, 5.74) is 0. The second-order valence-corrected chi connectivity index (χ2v) is 3.63. The predicted molar refractivity (Wildman–Crippen MR) is 59.2 cm³/mol. The number of likely N-dealkylation sites (N-methyl/N-ethyl adjacent to an activating group) is 1. The molecule has 0 amide bonds. The van der Waals surface area contributed by atoms with Gasteiger partial charge in [-0.15, -0.1) is 0 Å². The van der Waals surface area contributed by atoms with Crippen molar-refractivity contribution in [3.8, 4) is 0 Å². The summed E-state index contributed by atoms with van der Waals surface area (Å²) in [4.78, 5) is 2.21. The van der Waals surface area contributed by atoms with E-state index in [1.165, 1.54) is 6.42 Å². The minimum absolute atomic E-state index is 0.129. The first kappa shape index (κ1) is 11.8. The molecule has 4 heteroatoms. The Labute approximate surface area is 87.2 Å². The van der Waals surface area contributed by atoms with Crippen LogP contribution in [0.25, 0.3) is 0 Å². The van der Waals surface area contributed by atoms with Crippen LogP contribution in [0.5, 0.6) is 0 Å². The lowest BCUT2D eigenvalue weighted by Crippen LogP contribution is -2.35. The number of unbranched alkanes of at least 4 members (excludes halogenated alkanes) is 1. The third-order valence-corrected chi connectivity index (χ3v) is 2.26. The van der Waals surface area contributed by atoms with Crippen molar-refractivity contribution in [2.75, 3.05) is 33.4 Å². The van der Waals surface area contributed by atoms with Gasteiger partial charge in [0, 0.05) is 26.3 Å². The molecule has 0 spiro atoms. The van der Waals surface area contributed by atoms with Crippen LogP contribution in [0, 0.1) is 0 Å². The number of hydrogen-bond acceptors (Lipinski definition) is 3. The van der Waals surface area contributed by atoms with E-state index in [0.29, 0.717) is 0 Å². The molecule has 0 aromatic rings. The molecule has 14 heavy (non-hydrogen) atoms. The van der Waals surface area contributed by atoms with Gasteiger partial charge in [0.25, 0.3) is 0 Å². The van der Waals surface area contributed by atoms with Crippen molar-refractivity contribution in [1.29, 1.82) is 0 Å².